The van der Waals surface area contributed by atoms with Gasteiger partial charge in [-0.3, -0.25) is 4.79 Å². The summed E-state index contributed by atoms with van der Waals surface area (Å²) in [5.74, 6) is 2.22. The lowest BCUT2D eigenvalue weighted by atomic mass is 9.53. The van der Waals surface area contributed by atoms with Crippen molar-refractivity contribution in [3.8, 4) is 5.75 Å². The Kier molecular flexibility index (Phi) is 7.22. The summed E-state index contributed by atoms with van der Waals surface area (Å²) in [5.41, 5.74) is 3.00. The summed E-state index contributed by atoms with van der Waals surface area (Å²) < 4.78 is 12.7. The number of nitrogens with one attached hydrogen (secondary N) is 1. The molecule has 8 nitrogen and oxygen atoms in total. The van der Waals surface area contributed by atoms with Crippen molar-refractivity contribution in [1.82, 2.24) is 10.2 Å². The van der Waals surface area contributed by atoms with E-state index in [9.17, 15) is 9.59 Å². The summed E-state index contributed by atoms with van der Waals surface area (Å²) in [6.07, 6.45) is 11.1. The number of nitrogens with zero attached hydrogens (tertiary/aromatic N) is 1. The van der Waals surface area contributed by atoms with E-state index in [0.717, 1.165) is 43.1 Å². The van der Waals surface area contributed by atoms with Gasteiger partial charge in [-0.1, -0.05) is 29.8 Å². The van der Waals surface area contributed by atoms with Crippen molar-refractivity contribution in [2.75, 3.05) is 13.1 Å². The second-order valence-corrected chi connectivity index (χ2v) is 14.5. The second-order valence-electron chi connectivity index (χ2n) is 14.5. The predicted molar refractivity (Wildman–Crippen MR) is 163 cm³/mol. The minimum absolute atomic E-state index is 0.0439. The van der Waals surface area contributed by atoms with Crippen LogP contribution in [0, 0.1) is 30.6 Å². The highest BCUT2D eigenvalue weighted by Gasteiger charge is 2.67. The number of rotatable bonds is 4. The first-order chi connectivity index (χ1) is 21.4. The number of likely N-dealkylation sites (tertiary alicyclic amines) is 1. The predicted octanol–water partition coefficient (Wildman–Crippen LogP) is 6.87. The van der Waals surface area contributed by atoms with Crippen LogP contribution >= 0.6 is 0 Å². The van der Waals surface area contributed by atoms with Gasteiger partial charge in [0.2, 0.25) is 11.6 Å². The number of carbonyl (C=O) groups is 2. The highest BCUT2D eigenvalue weighted by atomic mass is 17.3. The molecular weight excluding hydrogens is 556 g/mol. The van der Waals surface area contributed by atoms with Gasteiger partial charge in [0.15, 0.2) is 0 Å². The van der Waals surface area contributed by atoms with Crippen molar-refractivity contribution >= 4 is 12.0 Å². The molecule has 4 bridgehead atoms. The number of ether oxygens (including phenoxy) is 2. The molecule has 7 fully saturated rings. The van der Waals surface area contributed by atoms with Crippen molar-refractivity contribution in [3.63, 3.8) is 0 Å². The lowest BCUT2D eigenvalue weighted by molar-refractivity contribution is -0.390. The summed E-state index contributed by atoms with van der Waals surface area (Å²) in [5, 5.41) is 3.11. The fourth-order valence-corrected chi connectivity index (χ4v) is 9.41. The summed E-state index contributed by atoms with van der Waals surface area (Å²) in [6.45, 7) is 3.10. The Morgan fingerprint density at radius 2 is 1.55 bits per heavy atom. The monoisotopic (exact) mass is 600 g/mol. The maximum Gasteiger partial charge on any atom is 0.415 e. The van der Waals surface area contributed by atoms with E-state index in [4.69, 9.17) is 19.2 Å². The minimum Gasteiger partial charge on any atom is -0.410 e. The summed E-state index contributed by atoms with van der Waals surface area (Å²) in [7, 11) is 0. The molecule has 2 aromatic rings. The molecule has 44 heavy (non-hydrogen) atoms. The molecule has 8 heteroatoms. The van der Waals surface area contributed by atoms with Crippen molar-refractivity contribution in [2.24, 2.45) is 23.7 Å². The van der Waals surface area contributed by atoms with Gasteiger partial charge in [-0.25, -0.2) is 4.79 Å². The van der Waals surface area contributed by atoms with Crippen LogP contribution in [0.25, 0.3) is 0 Å². The third-order valence-electron chi connectivity index (χ3n) is 11.6. The molecule has 5 aliphatic carbocycles. The molecule has 0 radical (unpaired) electrons. The summed E-state index contributed by atoms with van der Waals surface area (Å²) in [6, 6.07) is 15.6. The van der Waals surface area contributed by atoms with Crippen LogP contribution in [0.1, 0.15) is 98.0 Å². The van der Waals surface area contributed by atoms with Crippen LogP contribution in [-0.4, -0.2) is 47.6 Å². The maximum absolute atomic E-state index is 12.9. The van der Waals surface area contributed by atoms with Crippen LogP contribution in [0.4, 0.5) is 4.79 Å². The van der Waals surface area contributed by atoms with E-state index < -0.39 is 11.6 Å². The van der Waals surface area contributed by atoms with E-state index in [-0.39, 0.29) is 18.0 Å². The lowest BCUT2D eigenvalue weighted by Crippen LogP contribution is -2.59. The van der Waals surface area contributed by atoms with E-state index in [1.54, 1.807) is 4.90 Å². The Balaban J connectivity index is 0.839. The van der Waals surface area contributed by atoms with Crippen LogP contribution in [0.15, 0.2) is 48.5 Å². The largest absolute Gasteiger partial charge is 0.415 e. The van der Waals surface area contributed by atoms with E-state index in [0.29, 0.717) is 55.0 Å². The molecule has 9 rings (SSSR count). The zero-order valence-corrected chi connectivity index (χ0v) is 25.7. The van der Waals surface area contributed by atoms with E-state index in [1.165, 1.54) is 37.7 Å². The number of hydrogen-bond acceptors (Lipinski definition) is 6. The molecule has 1 N–H and O–H groups in total. The average Bonchev–Trinajstić information content (AvgIpc) is 3.39. The van der Waals surface area contributed by atoms with Crippen molar-refractivity contribution in [3.05, 3.63) is 65.2 Å². The molecule has 5 saturated carbocycles. The maximum atomic E-state index is 12.9. The van der Waals surface area contributed by atoms with Crippen LogP contribution in [0.5, 0.6) is 5.75 Å². The van der Waals surface area contributed by atoms with Gasteiger partial charge < -0.3 is 19.7 Å². The molecule has 2 aliphatic heterocycles. The van der Waals surface area contributed by atoms with Crippen LogP contribution in [-0.2, 0) is 14.5 Å². The summed E-state index contributed by atoms with van der Waals surface area (Å²) >= 11 is 0. The quantitative estimate of drug-likeness (QED) is 0.386. The molecule has 2 aromatic carbocycles. The molecule has 2 atom stereocenters. The second kappa shape index (κ2) is 11.1. The topological polar surface area (TPSA) is 86.3 Å². The lowest BCUT2D eigenvalue weighted by Gasteiger charge is -2.57. The highest BCUT2D eigenvalue weighted by molar-refractivity contribution is 5.94. The molecule has 1 unspecified atom stereocenters. The Morgan fingerprint density at radius 1 is 0.864 bits per heavy atom. The molecule has 2 heterocycles. The van der Waals surface area contributed by atoms with Crippen molar-refractivity contribution in [2.45, 2.75) is 101 Å². The van der Waals surface area contributed by atoms with Gasteiger partial charge in [-0.2, -0.15) is 9.78 Å². The van der Waals surface area contributed by atoms with Crippen LogP contribution in [0.3, 0.4) is 0 Å². The number of carbonyl (C=O) groups excluding carboxylic acids is 2. The zero-order valence-electron chi connectivity index (χ0n) is 25.7. The van der Waals surface area contributed by atoms with Gasteiger partial charge in [0.25, 0.3) is 5.91 Å². The molecule has 0 aromatic heterocycles. The molecule has 2 spiro atoms. The number of hydrogen-bond donors (Lipinski definition) is 1. The molecular formula is C36H44N2O6. The first-order valence-corrected chi connectivity index (χ1v) is 16.9. The van der Waals surface area contributed by atoms with Crippen molar-refractivity contribution < 1.29 is 28.8 Å². The van der Waals surface area contributed by atoms with Crippen LogP contribution < -0.4 is 10.1 Å². The normalized spacial score (nSPS) is 36.2. The van der Waals surface area contributed by atoms with Gasteiger partial charge in [0.05, 0.1) is 0 Å². The summed E-state index contributed by atoms with van der Waals surface area (Å²) in [4.78, 5) is 39.7. The number of amides is 2. The molecule has 234 valence electrons. The zero-order chi connectivity index (χ0) is 29.9. The Bertz CT molecular complexity index is 1360. The fourth-order valence-electron chi connectivity index (χ4n) is 9.41. The van der Waals surface area contributed by atoms with E-state index in [2.05, 4.69) is 17.4 Å². The highest BCUT2D eigenvalue weighted by Crippen LogP contribution is 2.64. The van der Waals surface area contributed by atoms with Gasteiger partial charge in [-0.15, -0.1) is 0 Å². The number of aryl methyl sites for hydroxylation is 1. The Hall–Kier alpha value is -2.94. The van der Waals surface area contributed by atoms with Gasteiger partial charge in [-0.05, 0) is 112 Å². The van der Waals surface area contributed by atoms with Gasteiger partial charge >= 0.3 is 6.09 Å². The Labute approximate surface area is 259 Å². The number of benzene rings is 2. The smallest absolute Gasteiger partial charge is 0.410 e. The average molecular weight is 601 g/mol. The SMILES string of the molecule is Cc1ccc(C(=O)NC2CCN(C(=O)Oc3ccc(C4CCC[C@]5(C4)OOC4(O5)C5CC6CC(C5)CC4C6)cc3)CC2)cc1. The third-order valence-corrected chi connectivity index (χ3v) is 11.6. The first-order valence-electron chi connectivity index (χ1n) is 16.9. The standard InChI is InChI=1S/C36H44N2O6/c1-23-4-6-27(7-5-23)33(39)37-31-12-15-38(16-13-31)34(40)41-32-10-8-26(9-11-32)28-3-2-14-35(22-28)42-36(44-43-35)29-18-24-17-25(20-29)21-30(36)19-24/h4-11,24-25,28-31H,2-3,12-22H2,1H3,(H,37,39)/t24?,25?,28?,29?,30?,35-,36?/m1/s1. The van der Waals surface area contributed by atoms with E-state index in [1.807, 2.05) is 43.3 Å². The van der Waals surface area contributed by atoms with Gasteiger partial charge in [0, 0.05) is 49.4 Å². The van der Waals surface area contributed by atoms with Crippen molar-refractivity contribution in [1.29, 1.82) is 0 Å². The molecule has 7 aliphatic rings. The fraction of sp³-hybridized carbons (Fsp3) is 0.611. The molecule has 2 amide bonds. The van der Waals surface area contributed by atoms with E-state index >= 15 is 0 Å². The minimum atomic E-state index is -0.658. The van der Waals surface area contributed by atoms with Gasteiger partial charge in [0.1, 0.15) is 5.75 Å². The number of piperidine rings is 1. The first kappa shape index (κ1) is 28.5. The molecule has 2 saturated heterocycles. The van der Waals surface area contributed by atoms with Crippen LogP contribution in [0.2, 0.25) is 0 Å². The third kappa shape index (κ3) is 5.23. The Morgan fingerprint density at radius 3 is 2.23 bits per heavy atom.